The molecule has 0 spiro atoms. The minimum Gasteiger partial charge on any atom is -0.509 e. The molecule has 1 aromatic carbocycles. The average Bonchev–Trinajstić information content (AvgIpc) is 1.98. The highest BCUT2D eigenvalue weighted by atomic mass is 19.2. The third-order valence-electron chi connectivity index (χ3n) is 1.19. The van der Waals surface area contributed by atoms with E-state index in [2.05, 4.69) is 4.65 Å². The summed E-state index contributed by atoms with van der Waals surface area (Å²) in [6, 6.07) is 0.809. The largest absolute Gasteiger partial charge is 0.707 e. The first-order valence-corrected chi connectivity index (χ1v) is 3.18. The summed E-state index contributed by atoms with van der Waals surface area (Å²) < 4.78 is 41.5. The van der Waals surface area contributed by atoms with Gasteiger partial charge in [-0.25, -0.2) is 8.78 Å². The first-order valence-electron chi connectivity index (χ1n) is 3.18. The molecule has 70 valence electrons. The second-order valence-electron chi connectivity index (χ2n) is 2.14. The van der Waals surface area contributed by atoms with Crippen LogP contribution in [-0.4, -0.2) is 17.4 Å². The third kappa shape index (κ3) is 2.36. The minimum absolute atomic E-state index is 0.311. The molecule has 2 N–H and O–H groups in total. The van der Waals surface area contributed by atoms with Gasteiger partial charge in [-0.05, 0) is 0 Å². The lowest BCUT2D eigenvalue weighted by Crippen LogP contribution is -2.21. The van der Waals surface area contributed by atoms with E-state index in [0.717, 1.165) is 0 Å². The van der Waals surface area contributed by atoms with Gasteiger partial charge in [0.25, 0.3) is 0 Å². The van der Waals surface area contributed by atoms with Crippen molar-refractivity contribution in [2.75, 3.05) is 0 Å². The SMILES string of the molecule is OB(O)Oc1cc(F)cc(F)c1F. The molecule has 0 fully saturated rings. The number of hydrogen-bond donors (Lipinski definition) is 2. The highest BCUT2D eigenvalue weighted by molar-refractivity contribution is 6.33. The van der Waals surface area contributed by atoms with Crippen molar-refractivity contribution in [2.24, 2.45) is 0 Å². The predicted octanol–water partition coefficient (Wildman–Crippen LogP) is 0.452. The van der Waals surface area contributed by atoms with Gasteiger partial charge >= 0.3 is 7.32 Å². The van der Waals surface area contributed by atoms with Crippen molar-refractivity contribution < 1.29 is 27.9 Å². The molecule has 0 heterocycles. The Kier molecular flexibility index (Phi) is 2.79. The van der Waals surface area contributed by atoms with Crippen LogP contribution in [-0.2, 0) is 0 Å². The Hall–Kier alpha value is -1.21. The van der Waals surface area contributed by atoms with Crippen LogP contribution in [0, 0.1) is 17.5 Å². The van der Waals surface area contributed by atoms with E-state index >= 15 is 0 Å². The molecule has 0 radical (unpaired) electrons. The quantitative estimate of drug-likeness (QED) is 0.528. The fourth-order valence-corrected chi connectivity index (χ4v) is 0.732. The lowest BCUT2D eigenvalue weighted by Gasteiger charge is -2.05. The van der Waals surface area contributed by atoms with Gasteiger partial charge in [0.05, 0.1) is 0 Å². The van der Waals surface area contributed by atoms with Crippen LogP contribution in [0.4, 0.5) is 13.2 Å². The standard InChI is InChI=1S/C6H4BF3O3/c8-3-1-4(9)6(10)5(2-3)13-7(11)12/h1-2,11-12H. The lowest BCUT2D eigenvalue weighted by molar-refractivity contribution is 0.278. The molecule has 0 aliphatic carbocycles. The van der Waals surface area contributed by atoms with E-state index in [1.54, 1.807) is 0 Å². The van der Waals surface area contributed by atoms with Crippen LogP contribution >= 0.6 is 0 Å². The Labute approximate surface area is 71.6 Å². The summed E-state index contributed by atoms with van der Waals surface area (Å²) in [5.74, 6) is -4.91. The van der Waals surface area contributed by atoms with Gasteiger partial charge in [-0.2, -0.15) is 4.39 Å². The Morgan fingerprint density at radius 1 is 1.15 bits per heavy atom. The van der Waals surface area contributed by atoms with Crippen molar-refractivity contribution in [3.63, 3.8) is 0 Å². The number of rotatable bonds is 2. The maximum absolute atomic E-state index is 12.7. The number of hydrogen-bond acceptors (Lipinski definition) is 3. The molecule has 0 aromatic heterocycles. The fraction of sp³-hybridized carbons (Fsp3) is 0. The van der Waals surface area contributed by atoms with E-state index in [9.17, 15) is 13.2 Å². The van der Waals surface area contributed by atoms with E-state index in [1.165, 1.54) is 0 Å². The Morgan fingerprint density at radius 3 is 2.31 bits per heavy atom. The van der Waals surface area contributed by atoms with Crippen LogP contribution in [0.1, 0.15) is 0 Å². The van der Waals surface area contributed by atoms with Crippen LogP contribution in [0.3, 0.4) is 0 Å². The van der Waals surface area contributed by atoms with Gasteiger partial charge < -0.3 is 14.7 Å². The first-order chi connectivity index (χ1) is 6.00. The summed E-state index contributed by atoms with van der Waals surface area (Å²) in [6.07, 6.45) is 0. The number of halogens is 3. The Bertz CT molecular complexity index is 318. The van der Waals surface area contributed by atoms with Crippen LogP contribution in [0.25, 0.3) is 0 Å². The van der Waals surface area contributed by atoms with E-state index in [0.29, 0.717) is 12.1 Å². The summed E-state index contributed by atoms with van der Waals surface area (Å²) in [4.78, 5) is 0. The maximum atomic E-state index is 12.7. The van der Waals surface area contributed by atoms with E-state index < -0.39 is 30.5 Å². The molecule has 7 heteroatoms. The molecule has 1 aromatic rings. The lowest BCUT2D eigenvalue weighted by atomic mass is 10.2. The van der Waals surface area contributed by atoms with Crippen molar-refractivity contribution in [2.45, 2.75) is 0 Å². The second kappa shape index (κ2) is 3.67. The van der Waals surface area contributed by atoms with Gasteiger partial charge in [0.15, 0.2) is 11.6 Å². The predicted molar refractivity (Wildman–Crippen MR) is 37.1 cm³/mol. The smallest absolute Gasteiger partial charge is 0.509 e. The van der Waals surface area contributed by atoms with Gasteiger partial charge in [-0.3, -0.25) is 0 Å². The molecule has 0 saturated carbocycles. The average molecular weight is 192 g/mol. The molecule has 0 atom stereocenters. The van der Waals surface area contributed by atoms with Gasteiger partial charge in [-0.15, -0.1) is 0 Å². The molecule has 0 unspecified atom stereocenters. The van der Waals surface area contributed by atoms with E-state index in [-0.39, 0.29) is 0 Å². The zero-order valence-electron chi connectivity index (χ0n) is 6.17. The van der Waals surface area contributed by atoms with Crippen molar-refractivity contribution in [1.82, 2.24) is 0 Å². The summed E-state index contributed by atoms with van der Waals surface area (Å²) >= 11 is 0. The van der Waals surface area contributed by atoms with Gasteiger partial charge in [0, 0.05) is 12.1 Å². The molecular formula is C6H4BF3O3. The highest BCUT2D eigenvalue weighted by Crippen LogP contribution is 2.21. The van der Waals surface area contributed by atoms with Gasteiger partial charge in [-0.1, -0.05) is 0 Å². The van der Waals surface area contributed by atoms with Gasteiger partial charge in [0.2, 0.25) is 0 Å². The molecule has 0 aliphatic rings. The summed E-state index contributed by atoms with van der Waals surface area (Å²) in [7, 11) is -2.32. The minimum atomic E-state index is -2.32. The molecule has 1 rings (SSSR count). The Morgan fingerprint density at radius 2 is 1.77 bits per heavy atom. The zero-order chi connectivity index (χ0) is 10.0. The molecular weight excluding hydrogens is 188 g/mol. The molecule has 0 saturated heterocycles. The summed E-state index contributed by atoms with van der Waals surface area (Å²) in [5.41, 5.74) is 0. The molecule has 0 bridgehead atoms. The second-order valence-corrected chi connectivity index (χ2v) is 2.14. The monoisotopic (exact) mass is 192 g/mol. The van der Waals surface area contributed by atoms with Crippen LogP contribution in [0.2, 0.25) is 0 Å². The van der Waals surface area contributed by atoms with Crippen molar-refractivity contribution >= 4 is 7.32 Å². The normalized spacial score (nSPS) is 9.92. The molecule has 0 amide bonds. The van der Waals surface area contributed by atoms with Crippen LogP contribution < -0.4 is 4.65 Å². The fourth-order valence-electron chi connectivity index (χ4n) is 0.732. The van der Waals surface area contributed by atoms with Crippen LogP contribution in [0.15, 0.2) is 12.1 Å². The van der Waals surface area contributed by atoms with Gasteiger partial charge in [0.1, 0.15) is 11.6 Å². The Balaban J connectivity index is 3.05. The topological polar surface area (TPSA) is 49.7 Å². The van der Waals surface area contributed by atoms with Crippen molar-refractivity contribution in [1.29, 1.82) is 0 Å². The van der Waals surface area contributed by atoms with E-state index in [1.807, 2.05) is 0 Å². The first kappa shape index (κ1) is 9.88. The highest BCUT2D eigenvalue weighted by Gasteiger charge is 2.18. The van der Waals surface area contributed by atoms with E-state index in [4.69, 9.17) is 10.0 Å². The van der Waals surface area contributed by atoms with Crippen LogP contribution in [0.5, 0.6) is 5.75 Å². The van der Waals surface area contributed by atoms with Crippen molar-refractivity contribution in [3.05, 3.63) is 29.6 Å². The summed E-state index contributed by atoms with van der Waals surface area (Å²) in [5, 5.41) is 16.5. The number of benzene rings is 1. The molecule has 3 nitrogen and oxygen atoms in total. The maximum Gasteiger partial charge on any atom is 0.707 e. The third-order valence-corrected chi connectivity index (χ3v) is 1.19. The summed E-state index contributed by atoms with van der Waals surface area (Å²) in [6.45, 7) is 0. The van der Waals surface area contributed by atoms with Crippen molar-refractivity contribution in [3.8, 4) is 5.75 Å². The molecule has 0 aliphatic heterocycles. The molecule has 13 heavy (non-hydrogen) atoms. The zero-order valence-corrected chi connectivity index (χ0v) is 6.17.